The van der Waals surface area contributed by atoms with E-state index in [2.05, 4.69) is 15.1 Å². The molecule has 0 saturated heterocycles. The van der Waals surface area contributed by atoms with Crippen molar-refractivity contribution in [3.05, 3.63) is 56.6 Å². The molecule has 26 heavy (non-hydrogen) atoms. The number of hydrogen-bond acceptors (Lipinski definition) is 8. The van der Waals surface area contributed by atoms with Crippen LogP contribution in [-0.4, -0.2) is 25.3 Å². The topological polar surface area (TPSA) is 73.3 Å². The first-order valence-electron chi connectivity index (χ1n) is 8.12. The molecular formula is C17H16N4O2S3. The Kier molecular flexibility index (Phi) is 5.18. The van der Waals surface area contributed by atoms with Crippen LogP contribution >= 0.6 is 34.4 Å². The van der Waals surface area contributed by atoms with E-state index < -0.39 is 0 Å². The van der Waals surface area contributed by atoms with Gasteiger partial charge in [-0.05, 0) is 30.5 Å². The van der Waals surface area contributed by atoms with E-state index in [0.29, 0.717) is 11.7 Å². The molecule has 4 heterocycles. The maximum atomic E-state index is 12.1. The predicted octanol–water partition coefficient (Wildman–Crippen LogP) is 4.04. The third kappa shape index (κ3) is 3.74. The van der Waals surface area contributed by atoms with E-state index in [4.69, 9.17) is 4.52 Å². The van der Waals surface area contributed by atoms with E-state index in [-0.39, 0.29) is 5.56 Å². The van der Waals surface area contributed by atoms with Gasteiger partial charge in [0.15, 0.2) is 4.96 Å². The van der Waals surface area contributed by atoms with Gasteiger partial charge in [-0.25, -0.2) is 4.98 Å². The SMILES string of the molecule is Cc1csc2nc(CSCCCc3nc(-c4cccs4)no3)cc(=O)n12. The fourth-order valence-electron chi connectivity index (χ4n) is 2.54. The van der Waals surface area contributed by atoms with Gasteiger partial charge in [0.05, 0.1) is 10.6 Å². The highest BCUT2D eigenvalue weighted by molar-refractivity contribution is 7.98. The van der Waals surface area contributed by atoms with E-state index in [9.17, 15) is 4.79 Å². The highest BCUT2D eigenvalue weighted by Gasteiger charge is 2.09. The van der Waals surface area contributed by atoms with Crippen LogP contribution in [0.5, 0.6) is 0 Å². The molecule has 4 rings (SSSR count). The Morgan fingerprint density at radius 3 is 3.08 bits per heavy atom. The average molecular weight is 405 g/mol. The number of nitrogens with zero attached hydrogens (tertiary/aromatic N) is 4. The van der Waals surface area contributed by atoms with Gasteiger partial charge in [-0.15, -0.1) is 22.7 Å². The normalized spacial score (nSPS) is 11.4. The van der Waals surface area contributed by atoms with Crippen LogP contribution in [0.1, 0.15) is 23.7 Å². The maximum absolute atomic E-state index is 12.1. The van der Waals surface area contributed by atoms with Crippen molar-refractivity contribution in [1.29, 1.82) is 0 Å². The molecule has 0 aliphatic rings. The fraction of sp³-hybridized carbons (Fsp3) is 0.294. The van der Waals surface area contributed by atoms with Gasteiger partial charge in [-0.3, -0.25) is 9.20 Å². The van der Waals surface area contributed by atoms with Gasteiger partial charge in [-0.1, -0.05) is 11.2 Å². The minimum absolute atomic E-state index is 0.00341. The Morgan fingerprint density at radius 1 is 1.31 bits per heavy atom. The minimum Gasteiger partial charge on any atom is -0.339 e. The monoisotopic (exact) mass is 404 g/mol. The number of fused-ring (bicyclic) bond motifs is 1. The number of aromatic nitrogens is 4. The zero-order chi connectivity index (χ0) is 17.9. The van der Waals surface area contributed by atoms with Gasteiger partial charge in [0.1, 0.15) is 0 Å². The number of aryl methyl sites for hydroxylation is 2. The molecule has 0 aromatic carbocycles. The Labute approximate surface area is 161 Å². The summed E-state index contributed by atoms with van der Waals surface area (Å²) in [5.41, 5.74) is 1.76. The molecule has 0 fully saturated rings. The molecule has 0 saturated carbocycles. The van der Waals surface area contributed by atoms with Gasteiger partial charge in [-0.2, -0.15) is 16.7 Å². The first kappa shape index (κ1) is 17.4. The molecule has 0 atom stereocenters. The summed E-state index contributed by atoms with van der Waals surface area (Å²) in [5.74, 6) is 3.00. The molecule has 0 bridgehead atoms. The van der Waals surface area contributed by atoms with E-state index in [0.717, 1.165) is 45.6 Å². The van der Waals surface area contributed by atoms with Crippen LogP contribution in [-0.2, 0) is 12.2 Å². The molecule has 4 aromatic heterocycles. The van der Waals surface area contributed by atoms with Crippen LogP contribution in [0.25, 0.3) is 15.7 Å². The van der Waals surface area contributed by atoms with E-state index in [1.165, 1.54) is 11.3 Å². The standard InChI is InChI=1S/C17H16N4O2S3/c1-11-9-26-17-18-12(8-15(22)21(11)17)10-24-6-3-5-14-19-16(20-23-14)13-4-2-7-25-13/h2,4,7-9H,3,5-6,10H2,1H3. The van der Waals surface area contributed by atoms with Crippen molar-refractivity contribution in [2.24, 2.45) is 0 Å². The highest BCUT2D eigenvalue weighted by Crippen LogP contribution is 2.22. The number of thiazole rings is 1. The summed E-state index contributed by atoms with van der Waals surface area (Å²) < 4.78 is 6.95. The largest absolute Gasteiger partial charge is 0.339 e. The highest BCUT2D eigenvalue weighted by atomic mass is 32.2. The Morgan fingerprint density at radius 2 is 2.23 bits per heavy atom. The van der Waals surface area contributed by atoms with E-state index in [1.54, 1.807) is 33.6 Å². The van der Waals surface area contributed by atoms with Gasteiger partial charge in [0.25, 0.3) is 5.56 Å². The summed E-state index contributed by atoms with van der Waals surface area (Å²) in [6, 6.07) is 5.59. The van der Waals surface area contributed by atoms with Crippen LogP contribution in [0.3, 0.4) is 0 Å². The second kappa shape index (κ2) is 7.73. The zero-order valence-corrected chi connectivity index (χ0v) is 16.5. The van der Waals surface area contributed by atoms with Crippen molar-refractivity contribution in [1.82, 2.24) is 19.5 Å². The number of thioether (sulfide) groups is 1. The van der Waals surface area contributed by atoms with Gasteiger partial charge in [0, 0.05) is 29.3 Å². The Balaban J connectivity index is 1.27. The maximum Gasteiger partial charge on any atom is 0.258 e. The van der Waals surface area contributed by atoms with Gasteiger partial charge >= 0.3 is 0 Å². The first-order valence-corrected chi connectivity index (χ1v) is 11.0. The van der Waals surface area contributed by atoms with Gasteiger partial charge in [0.2, 0.25) is 11.7 Å². The van der Waals surface area contributed by atoms with Gasteiger partial charge < -0.3 is 4.52 Å². The third-order valence-corrected chi connectivity index (χ3v) is 6.65. The van der Waals surface area contributed by atoms with Crippen LogP contribution in [0.2, 0.25) is 0 Å². The van der Waals surface area contributed by atoms with Crippen LogP contribution in [0.15, 0.2) is 38.3 Å². The smallest absolute Gasteiger partial charge is 0.258 e. The quantitative estimate of drug-likeness (QED) is 0.433. The second-order valence-electron chi connectivity index (χ2n) is 5.73. The lowest BCUT2D eigenvalue weighted by Gasteiger charge is -2.01. The van der Waals surface area contributed by atoms with Crippen molar-refractivity contribution in [2.45, 2.75) is 25.5 Å². The lowest BCUT2D eigenvalue weighted by molar-refractivity contribution is 0.378. The molecule has 9 heteroatoms. The van der Waals surface area contributed by atoms with Crippen LogP contribution in [0.4, 0.5) is 0 Å². The Bertz CT molecular complexity index is 1070. The molecule has 0 amide bonds. The van der Waals surface area contributed by atoms with Crippen LogP contribution < -0.4 is 5.56 Å². The van der Waals surface area contributed by atoms with Crippen LogP contribution in [0, 0.1) is 6.92 Å². The van der Waals surface area contributed by atoms with Crippen molar-refractivity contribution in [3.8, 4) is 10.7 Å². The van der Waals surface area contributed by atoms with Crippen molar-refractivity contribution in [3.63, 3.8) is 0 Å². The lowest BCUT2D eigenvalue weighted by atomic mass is 10.3. The lowest BCUT2D eigenvalue weighted by Crippen LogP contribution is -2.14. The van der Waals surface area contributed by atoms with Crippen molar-refractivity contribution < 1.29 is 4.52 Å². The predicted molar refractivity (Wildman–Crippen MR) is 106 cm³/mol. The summed E-state index contributed by atoms with van der Waals surface area (Å²) in [4.78, 5) is 22.9. The van der Waals surface area contributed by atoms with Crippen molar-refractivity contribution >= 4 is 39.4 Å². The van der Waals surface area contributed by atoms with Crippen molar-refractivity contribution in [2.75, 3.05) is 5.75 Å². The zero-order valence-electron chi connectivity index (χ0n) is 14.0. The third-order valence-electron chi connectivity index (χ3n) is 3.77. The van der Waals surface area contributed by atoms with E-state index >= 15 is 0 Å². The molecule has 0 radical (unpaired) electrons. The second-order valence-corrected chi connectivity index (χ2v) is 8.62. The minimum atomic E-state index is -0.00341. The number of hydrogen-bond donors (Lipinski definition) is 0. The molecule has 0 aliphatic heterocycles. The molecule has 6 nitrogen and oxygen atoms in total. The number of rotatable bonds is 7. The molecule has 134 valence electrons. The summed E-state index contributed by atoms with van der Waals surface area (Å²) in [6.45, 7) is 1.92. The number of thiophene rings is 1. The molecular weight excluding hydrogens is 388 g/mol. The molecule has 0 aliphatic carbocycles. The molecule has 0 unspecified atom stereocenters. The fourth-order valence-corrected chi connectivity index (χ4v) is 4.93. The summed E-state index contributed by atoms with van der Waals surface area (Å²) >= 11 is 4.86. The molecule has 0 N–H and O–H groups in total. The first-order chi connectivity index (χ1) is 12.7. The summed E-state index contributed by atoms with van der Waals surface area (Å²) in [6.07, 6.45) is 1.70. The average Bonchev–Trinajstić information content (AvgIpc) is 3.35. The molecule has 4 aromatic rings. The Hall–Kier alpha value is -1.97. The summed E-state index contributed by atoms with van der Waals surface area (Å²) in [7, 11) is 0. The summed E-state index contributed by atoms with van der Waals surface area (Å²) in [5, 5.41) is 7.97. The van der Waals surface area contributed by atoms with E-state index in [1.807, 2.05) is 29.8 Å². The molecule has 0 spiro atoms.